The van der Waals surface area contributed by atoms with Crippen LogP contribution in [0.15, 0.2) is 26.6 Å². The molecule has 0 saturated carbocycles. The van der Waals surface area contributed by atoms with Gasteiger partial charge in [0.2, 0.25) is 1.43 Å². The summed E-state index contributed by atoms with van der Waals surface area (Å²) in [7, 11) is 1.29. The fourth-order valence-corrected chi connectivity index (χ4v) is 3.16. The lowest BCUT2D eigenvalue weighted by Gasteiger charge is -2.22. The van der Waals surface area contributed by atoms with Crippen LogP contribution >= 0.6 is 21.9 Å². The zero-order valence-electron chi connectivity index (χ0n) is 11.7. The molecule has 0 fully saturated rings. The van der Waals surface area contributed by atoms with E-state index in [4.69, 9.17) is 1.43 Å². The quantitative estimate of drug-likeness (QED) is 0.461. The molecular weight excluding hydrogens is 284 g/mol. The number of H-pyrrole nitrogens is 2. The SMILES string of the molecule is [3H]OSSc1cc2[nH]c(=O)c(=O)[nH]c2cc1C(C)(C)C. The summed E-state index contributed by atoms with van der Waals surface area (Å²) in [4.78, 5) is 28.8. The Labute approximate surface area is 118 Å². The number of benzene rings is 1. The van der Waals surface area contributed by atoms with Gasteiger partial charge in [-0.2, -0.15) is 0 Å². The molecule has 5 nitrogen and oxygen atoms in total. The number of aromatic nitrogens is 2. The van der Waals surface area contributed by atoms with Gasteiger partial charge in [0, 0.05) is 4.90 Å². The van der Waals surface area contributed by atoms with Crippen molar-refractivity contribution in [1.82, 2.24) is 9.97 Å². The summed E-state index contributed by atoms with van der Waals surface area (Å²) in [5.74, 6) is 0. The first kappa shape index (κ1) is 12.8. The standard InChI is InChI=1S/C12H14N2O3S2/c1-12(2,3)6-4-7-8(5-9(6)18-19-17)14-11(16)10(15)13-7/h4-5,17H,1-3H3,(H,13,15)(H,14,16)/i/hT. The number of rotatable bonds is 3. The van der Waals surface area contributed by atoms with Crippen LogP contribution < -0.4 is 11.1 Å². The third kappa shape index (κ3) is 2.88. The highest BCUT2D eigenvalue weighted by Crippen LogP contribution is 2.38. The maximum absolute atomic E-state index is 11.4. The molecule has 7 heteroatoms. The molecule has 0 aliphatic carbocycles. The molecule has 1 aromatic heterocycles. The van der Waals surface area contributed by atoms with Gasteiger partial charge in [-0.25, -0.2) is 0 Å². The molecule has 0 amide bonds. The maximum atomic E-state index is 11.4. The minimum absolute atomic E-state index is 0.147. The fraction of sp³-hybridized carbons (Fsp3) is 0.333. The Morgan fingerprint density at radius 1 is 1.16 bits per heavy atom. The van der Waals surface area contributed by atoms with Crippen LogP contribution in [-0.2, 0) is 5.41 Å². The van der Waals surface area contributed by atoms with Crippen molar-refractivity contribution < 1.29 is 4.56 Å². The van der Waals surface area contributed by atoms with Gasteiger partial charge in [0.25, 0.3) is 0 Å². The lowest BCUT2D eigenvalue weighted by Crippen LogP contribution is -2.29. The van der Waals surface area contributed by atoms with Gasteiger partial charge in [-0.1, -0.05) is 20.8 Å². The summed E-state index contributed by atoms with van der Waals surface area (Å²) in [6, 6.07) is 3.63. The lowest BCUT2D eigenvalue weighted by atomic mass is 9.87. The predicted molar refractivity (Wildman–Crippen MR) is 80.0 cm³/mol. The maximum Gasteiger partial charge on any atom is 0.314 e. The predicted octanol–water partition coefficient (Wildman–Crippen LogP) is 2.73. The third-order valence-corrected chi connectivity index (χ3v) is 4.08. The third-order valence-electron chi connectivity index (χ3n) is 2.75. The van der Waals surface area contributed by atoms with Crippen molar-refractivity contribution in [2.75, 3.05) is 0 Å². The number of fused-ring (bicyclic) bond motifs is 1. The van der Waals surface area contributed by atoms with Crippen LogP contribution in [0, 0.1) is 0 Å². The average molecular weight is 300 g/mol. The lowest BCUT2D eigenvalue weighted by molar-refractivity contribution is 0.579. The first-order valence-electron chi connectivity index (χ1n) is 6.01. The van der Waals surface area contributed by atoms with Gasteiger partial charge in [0.05, 0.1) is 22.1 Å². The second-order valence-electron chi connectivity index (χ2n) is 5.20. The monoisotopic (exact) mass is 300 g/mol. The Hall–Kier alpha value is -1.18. The smallest absolute Gasteiger partial charge is 0.314 e. The van der Waals surface area contributed by atoms with Crippen LogP contribution in [0.1, 0.15) is 26.3 Å². The van der Waals surface area contributed by atoms with Crippen molar-refractivity contribution in [3.63, 3.8) is 0 Å². The van der Waals surface area contributed by atoms with Gasteiger partial charge in [0.1, 0.15) is 0 Å². The molecule has 19 heavy (non-hydrogen) atoms. The van der Waals surface area contributed by atoms with E-state index in [2.05, 4.69) is 14.5 Å². The normalized spacial score (nSPS) is 12.7. The van der Waals surface area contributed by atoms with Gasteiger partial charge in [0.15, 0.2) is 0 Å². The molecule has 0 saturated heterocycles. The second-order valence-corrected chi connectivity index (χ2v) is 6.85. The summed E-state index contributed by atoms with van der Waals surface area (Å²) < 4.78 is 11.0. The summed E-state index contributed by atoms with van der Waals surface area (Å²) in [6.45, 7) is 6.15. The first-order valence-corrected chi connectivity index (χ1v) is 7.68. The Balaban J connectivity index is 2.71. The zero-order valence-corrected chi connectivity index (χ0v) is 12.3. The molecule has 0 bridgehead atoms. The molecule has 102 valence electrons. The van der Waals surface area contributed by atoms with E-state index >= 15 is 0 Å². The molecular formula is C12H14N2O3S2. The second kappa shape index (κ2) is 5.07. The van der Waals surface area contributed by atoms with Crippen molar-refractivity contribution in [3.05, 3.63) is 38.4 Å². The van der Waals surface area contributed by atoms with Crippen LogP contribution in [0.2, 0.25) is 0 Å². The van der Waals surface area contributed by atoms with Gasteiger partial charge in [-0.15, -0.1) is 0 Å². The summed E-state index contributed by atoms with van der Waals surface area (Å²) in [6.07, 6.45) is 0. The van der Waals surface area contributed by atoms with Crippen LogP contribution in [0.5, 0.6) is 0 Å². The average Bonchev–Trinajstić information content (AvgIpc) is 2.36. The largest absolute Gasteiger partial charge is 0.320 e. The van der Waals surface area contributed by atoms with E-state index in [-0.39, 0.29) is 5.41 Å². The summed E-state index contributed by atoms with van der Waals surface area (Å²) >= 11 is 0.927. The molecule has 0 radical (unpaired) electrons. The Morgan fingerprint density at radius 2 is 1.74 bits per heavy atom. The van der Waals surface area contributed by atoms with Crippen LogP contribution in [0.3, 0.4) is 0 Å². The molecule has 1 aromatic carbocycles. The van der Waals surface area contributed by atoms with Crippen molar-refractivity contribution in [1.29, 1.82) is 1.43 Å². The number of nitrogens with one attached hydrogen (secondary N) is 2. The van der Waals surface area contributed by atoms with E-state index < -0.39 is 11.1 Å². The Kier molecular flexibility index (Phi) is 3.42. The van der Waals surface area contributed by atoms with Crippen molar-refractivity contribution >= 4 is 32.9 Å². The van der Waals surface area contributed by atoms with E-state index in [1.54, 1.807) is 6.07 Å². The van der Waals surface area contributed by atoms with Crippen LogP contribution in [0.25, 0.3) is 12.5 Å². The highest BCUT2D eigenvalue weighted by molar-refractivity contribution is 8.74. The Bertz CT molecular complexity index is 749. The van der Waals surface area contributed by atoms with Crippen LogP contribution in [-0.4, -0.2) is 14.5 Å². The fourth-order valence-electron chi connectivity index (χ4n) is 1.84. The molecule has 0 aliphatic heterocycles. The van der Waals surface area contributed by atoms with Gasteiger partial charge < -0.3 is 14.5 Å². The molecule has 0 spiro atoms. The molecule has 2 aromatic rings. The molecule has 0 atom stereocenters. The van der Waals surface area contributed by atoms with E-state index in [1.165, 1.54) is 10.8 Å². The minimum Gasteiger partial charge on any atom is -0.320 e. The zero-order chi connectivity index (χ0) is 14.9. The number of aromatic amines is 2. The summed E-state index contributed by atoms with van der Waals surface area (Å²) in [5.41, 5.74) is 0.646. The van der Waals surface area contributed by atoms with E-state index in [0.717, 1.165) is 21.5 Å². The van der Waals surface area contributed by atoms with Gasteiger partial charge >= 0.3 is 11.1 Å². The highest BCUT2D eigenvalue weighted by Gasteiger charge is 2.20. The van der Waals surface area contributed by atoms with Crippen LogP contribution in [0.4, 0.5) is 0 Å². The number of hydrogen-bond donors (Lipinski definition) is 3. The molecule has 0 aliphatic rings. The van der Waals surface area contributed by atoms with E-state index in [1.807, 2.05) is 26.8 Å². The highest BCUT2D eigenvalue weighted by atomic mass is 33.1. The molecule has 1 heterocycles. The van der Waals surface area contributed by atoms with Crippen molar-refractivity contribution in [2.24, 2.45) is 0 Å². The van der Waals surface area contributed by atoms with Gasteiger partial charge in [-0.05, 0) is 33.9 Å². The van der Waals surface area contributed by atoms with Crippen molar-refractivity contribution in [3.8, 4) is 0 Å². The van der Waals surface area contributed by atoms with E-state index in [9.17, 15) is 9.59 Å². The minimum atomic E-state index is -0.679. The molecule has 2 rings (SSSR count). The Morgan fingerprint density at radius 3 is 2.26 bits per heavy atom. The van der Waals surface area contributed by atoms with Crippen molar-refractivity contribution in [2.45, 2.75) is 31.1 Å². The molecule has 3 N–H and O–H groups in total. The summed E-state index contributed by atoms with van der Waals surface area (Å²) in [5, 5.41) is 0. The van der Waals surface area contributed by atoms with Gasteiger partial charge in [-0.3, -0.25) is 9.59 Å². The molecule has 0 unspecified atom stereocenters. The first-order chi connectivity index (χ1) is 9.32. The number of hydrogen-bond acceptors (Lipinski definition) is 5. The topological polar surface area (TPSA) is 85.9 Å². The van der Waals surface area contributed by atoms with E-state index in [0.29, 0.717) is 11.0 Å².